The number of nitrogens with zero attached hydrogens (tertiary/aromatic N) is 3. The summed E-state index contributed by atoms with van der Waals surface area (Å²) in [6, 6.07) is 4.73. The van der Waals surface area contributed by atoms with Crippen LogP contribution in [0.2, 0.25) is 0 Å². The van der Waals surface area contributed by atoms with E-state index >= 15 is 0 Å². The zero-order valence-electron chi connectivity index (χ0n) is 11.7. The number of nitrogens with one attached hydrogen (secondary N) is 1. The van der Waals surface area contributed by atoms with Crippen LogP contribution in [-0.2, 0) is 6.42 Å². The molecule has 3 N–H and O–H groups in total. The van der Waals surface area contributed by atoms with Crippen molar-refractivity contribution in [1.29, 1.82) is 0 Å². The molecule has 0 fully saturated rings. The minimum absolute atomic E-state index is 0.113. The van der Waals surface area contributed by atoms with Gasteiger partial charge in [-0.1, -0.05) is 13.0 Å². The number of nitro groups is 1. The molecule has 1 aromatic heterocycles. The molecule has 21 heavy (non-hydrogen) atoms. The van der Waals surface area contributed by atoms with Crippen molar-refractivity contribution in [2.45, 2.75) is 20.3 Å². The van der Waals surface area contributed by atoms with Crippen molar-refractivity contribution in [3.8, 4) is 11.6 Å². The summed E-state index contributed by atoms with van der Waals surface area (Å²) in [7, 11) is 0. The first-order valence-corrected chi connectivity index (χ1v) is 6.30. The maximum atomic E-state index is 11.1. The third-order valence-electron chi connectivity index (χ3n) is 2.91. The molecular weight excluding hydrogens is 274 g/mol. The second-order valence-electron chi connectivity index (χ2n) is 4.33. The minimum Gasteiger partial charge on any atom is -0.431 e. The van der Waals surface area contributed by atoms with Gasteiger partial charge in [0.05, 0.1) is 10.5 Å². The standard InChI is InChI=1S/C13H15N5O3/c1-3-9-12(17-14)15-7-16-13(9)21-11-5-4-8(2)6-10(11)18(19)20/h4-7H,3,14H2,1-2H3,(H,15,16,17). The highest BCUT2D eigenvalue weighted by Gasteiger charge is 2.19. The third kappa shape index (κ3) is 3.06. The van der Waals surface area contributed by atoms with Crippen molar-refractivity contribution in [3.63, 3.8) is 0 Å². The Hall–Kier alpha value is -2.74. The Morgan fingerprint density at radius 1 is 1.43 bits per heavy atom. The van der Waals surface area contributed by atoms with Gasteiger partial charge in [-0.15, -0.1) is 0 Å². The van der Waals surface area contributed by atoms with Gasteiger partial charge in [-0.2, -0.15) is 0 Å². The molecule has 2 rings (SSSR count). The number of rotatable bonds is 5. The van der Waals surface area contributed by atoms with E-state index in [0.29, 0.717) is 17.8 Å². The Morgan fingerprint density at radius 2 is 2.19 bits per heavy atom. The van der Waals surface area contributed by atoms with Gasteiger partial charge >= 0.3 is 5.69 Å². The highest BCUT2D eigenvalue weighted by atomic mass is 16.6. The minimum atomic E-state index is -0.489. The number of nitro benzene ring substituents is 1. The quantitative estimate of drug-likeness (QED) is 0.493. The molecule has 0 aliphatic rings. The van der Waals surface area contributed by atoms with Crippen molar-refractivity contribution in [1.82, 2.24) is 9.97 Å². The molecule has 0 saturated carbocycles. The molecule has 8 nitrogen and oxygen atoms in total. The number of nitrogens with two attached hydrogens (primary N) is 1. The first-order valence-electron chi connectivity index (χ1n) is 6.30. The number of hydrogen-bond donors (Lipinski definition) is 2. The molecule has 0 bridgehead atoms. The van der Waals surface area contributed by atoms with Crippen LogP contribution >= 0.6 is 0 Å². The van der Waals surface area contributed by atoms with Crippen molar-refractivity contribution in [2.75, 3.05) is 5.43 Å². The van der Waals surface area contributed by atoms with Crippen molar-refractivity contribution in [2.24, 2.45) is 5.84 Å². The molecule has 0 unspecified atom stereocenters. The van der Waals surface area contributed by atoms with Gasteiger partial charge in [0.15, 0.2) is 0 Å². The lowest BCUT2D eigenvalue weighted by Crippen LogP contribution is -2.12. The van der Waals surface area contributed by atoms with Crippen LogP contribution < -0.4 is 16.0 Å². The lowest BCUT2D eigenvalue weighted by molar-refractivity contribution is -0.385. The average Bonchev–Trinajstić information content (AvgIpc) is 2.48. The Labute approximate surface area is 121 Å². The number of benzene rings is 1. The summed E-state index contributed by atoms with van der Waals surface area (Å²) >= 11 is 0. The molecule has 8 heteroatoms. The number of nitrogen functional groups attached to an aromatic ring is 1. The van der Waals surface area contributed by atoms with E-state index in [1.807, 2.05) is 6.92 Å². The number of hydrazine groups is 1. The molecule has 0 aliphatic carbocycles. The Kier molecular flexibility index (Phi) is 4.29. The maximum absolute atomic E-state index is 11.1. The summed E-state index contributed by atoms with van der Waals surface area (Å²) in [5.41, 5.74) is 3.76. The van der Waals surface area contributed by atoms with Crippen molar-refractivity contribution in [3.05, 3.63) is 45.8 Å². The number of hydrogen-bond acceptors (Lipinski definition) is 7. The van der Waals surface area contributed by atoms with E-state index in [1.54, 1.807) is 19.1 Å². The summed E-state index contributed by atoms with van der Waals surface area (Å²) < 4.78 is 5.60. The Balaban J connectivity index is 2.46. The van der Waals surface area contributed by atoms with Gasteiger partial charge < -0.3 is 10.2 Å². The summed E-state index contributed by atoms with van der Waals surface area (Å²) in [5, 5.41) is 11.1. The van der Waals surface area contributed by atoms with Crippen molar-refractivity contribution >= 4 is 11.5 Å². The largest absolute Gasteiger partial charge is 0.431 e. The molecule has 110 valence electrons. The van der Waals surface area contributed by atoms with Crippen molar-refractivity contribution < 1.29 is 9.66 Å². The number of ether oxygens (including phenoxy) is 1. The second kappa shape index (κ2) is 6.14. The molecule has 0 spiro atoms. The van der Waals surface area contributed by atoms with Gasteiger partial charge in [0.2, 0.25) is 11.6 Å². The van der Waals surface area contributed by atoms with E-state index < -0.39 is 4.92 Å². The zero-order valence-corrected chi connectivity index (χ0v) is 11.7. The normalized spacial score (nSPS) is 10.2. The van der Waals surface area contributed by atoms with Gasteiger partial charge in [0.25, 0.3) is 0 Å². The average molecular weight is 289 g/mol. The Bertz CT molecular complexity index is 675. The predicted molar refractivity (Wildman–Crippen MR) is 77.1 cm³/mol. The molecule has 0 radical (unpaired) electrons. The predicted octanol–water partition coefficient (Wildman–Crippen LogP) is 2.33. The first kappa shape index (κ1) is 14.7. The van der Waals surface area contributed by atoms with Gasteiger partial charge in [-0.3, -0.25) is 10.1 Å². The van der Waals surface area contributed by atoms with Crippen LogP contribution in [0.3, 0.4) is 0 Å². The molecule has 1 aromatic carbocycles. The lowest BCUT2D eigenvalue weighted by atomic mass is 10.2. The van der Waals surface area contributed by atoms with Crippen LogP contribution in [0.4, 0.5) is 11.5 Å². The van der Waals surface area contributed by atoms with Crippen LogP contribution in [0.15, 0.2) is 24.5 Å². The fourth-order valence-corrected chi connectivity index (χ4v) is 1.89. The molecule has 0 atom stereocenters. The van der Waals surface area contributed by atoms with Crippen LogP contribution in [0.25, 0.3) is 0 Å². The number of anilines is 1. The van der Waals surface area contributed by atoms with Crippen LogP contribution in [0, 0.1) is 17.0 Å². The van der Waals surface area contributed by atoms with Gasteiger partial charge in [-0.25, -0.2) is 15.8 Å². The van der Waals surface area contributed by atoms with Gasteiger partial charge in [-0.05, 0) is 25.0 Å². The fraction of sp³-hybridized carbons (Fsp3) is 0.231. The lowest BCUT2D eigenvalue weighted by Gasteiger charge is -2.11. The molecule has 0 saturated heterocycles. The SMILES string of the molecule is CCc1c(NN)ncnc1Oc1ccc(C)cc1[N+](=O)[O-]. The topological polar surface area (TPSA) is 116 Å². The second-order valence-corrected chi connectivity index (χ2v) is 4.33. The number of aromatic nitrogens is 2. The number of aryl methyl sites for hydroxylation is 1. The molecule has 1 heterocycles. The Morgan fingerprint density at radius 3 is 2.81 bits per heavy atom. The summed E-state index contributed by atoms with van der Waals surface area (Å²) in [4.78, 5) is 18.6. The summed E-state index contributed by atoms with van der Waals surface area (Å²) in [6.45, 7) is 3.66. The van der Waals surface area contributed by atoms with Crippen LogP contribution in [-0.4, -0.2) is 14.9 Å². The highest BCUT2D eigenvalue weighted by Crippen LogP contribution is 2.33. The monoisotopic (exact) mass is 289 g/mol. The van der Waals surface area contributed by atoms with E-state index in [1.165, 1.54) is 12.4 Å². The fourth-order valence-electron chi connectivity index (χ4n) is 1.89. The summed E-state index contributed by atoms with van der Waals surface area (Å²) in [6.07, 6.45) is 1.85. The van der Waals surface area contributed by atoms with Gasteiger partial charge in [0.1, 0.15) is 12.1 Å². The maximum Gasteiger partial charge on any atom is 0.311 e. The van der Waals surface area contributed by atoms with E-state index in [2.05, 4.69) is 15.4 Å². The van der Waals surface area contributed by atoms with Crippen LogP contribution in [0.5, 0.6) is 11.6 Å². The van der Waals surface area contributed by atoms with E-state index in [-0.39, 0.29) is 17.3 Å². The molecule has 0 aliphatic heterocycles. The van der Waals surface area contributed by atoms with Crippen LogP contribution in [0.1, 0.15) is 18.1 Å². The van der Waals surface area contributed by atoms with E-state index in [4.69, 9.17) is 10.6 Å². The van der Waals surface area contributed by atoms with E-state index in [0.717, 1.165) is 5.56 Å². The zero-order chi connectivity index (χ0) is 15.4. The van der Waals surface area contributed by atoms with Gasteiger partial charge in [0, 0.05) is 6.07 Å². The molecular formula is C13H15N5O3. The highest BCUT2D eigenvalue weighted by molar-refractivity contribution is 5.53. The third-order valence-corrected chi connectivity index (χ3v) is 2.91. The molecule has 2 aromatic rings. The van der Waals surface area contributed by atoms with E-state index in [9.17, 15) is 10.1 Å². The smallest absolute Gasteiger partial charge is 0.311 e. The summed E-state index contributed by atoms with van der Waals surface area (Å²) in [5.74, 6) is 6.18. The molecule has 0 amide bonds. The first-order chi connectivity index (χ1) is 10.1.